The number of carbonyl (C=O) groups excluding carboxylic acids is 2. The summed E-state index contributed by atoms with van der Waals surface area (Å²) >= 11 is 3.45. The molecule has 2 amide bonds. The zero-order valence-corrected chi connectivity index (χ0v) is 15.0. The number of likely N-dealkylation sites (tertiary alicyclic amines) is 1. The van der Waals surface area contributed by atoms with Crippen molar-refractivity contribution in [1.29, 1.82) is 0 Å². The number of nitrogens with zero attached hydrogens (tertiary/aromatic N) is 1. The predicted molar refractivity (Wildman–Crippen MR) is 97.4 cm³/mol. The molecule has 1 aliphatic rings. The summed E-state index contributed by atoms with van der Waals surface area (Å²) in [7, 11) is 1.78. The van der Waals surface area contributed by atoms with E-state index < -0.39 is 0 Å². The average Bonchev–Trinajstić information content (AvgIpc) is 2.60. The number of amides is 2. The predicted octanol–water partition coefficient (Wildman–Crippen LogP) is 4.00. The van der Waals surface area contributed by atoms with Crippen molar-refractivity contribution in [3.05, 3.63) is 64.6 Å². The van der Waals surface area contributed by atoms with Crippen molar-refractivity contribution in [2.24, 2.45) is 5.92 Å². The Labute approximate surface area is 150 Å². The fourth-order valence-electron chi connectivity index (χ4n) is 3.21. The van der Waals surface area contributed by atoms with Crippen molar-refractivity contribution in [2.75, 3.05) is 12.4 Å². The maximum atomic E-state index is 12.9. The Bertz CT molecular complexity index is 748. The number of hydrogen-bond acceptors (Lipinski definition) is 2. The first-order valence-electron chi connectivity index (χ1n) is 7.94. The van der Waals surface area contributed by atoms with Crippen LogP contribution in [0.4, 0.5) is 5.69 Å². The molecule has 1 heterocycles. The van der Waals surface area contributed by atoms with Crippen LogP contribution in [0.2, 0.25) is 0 Å². The van der Waals surface area contributed by atoms with Crippen molar-refractivity contribution in [1.82, 2.24) is 4.90 Å². The minimum Gasteiger partial charge on any atom is -0.338 e. The van der Waals surface area contributed by atoms with Crippen molar-refractivity contribution >= 4 is 33.4 Å². The van der Waals surface area contributed by atoms with Crippen molar-refractivity contribution in [3.63, 3.8) is 0 Å². The number of para-hydroxylation sites is 1. The number of nitrogens with one attached hydrogen (secondary N) is 1. The summed E-state index contributed by atoms with van der Waals surface area (Å²) in [5.41, 5.74) is 1.73. The Kier molecular flexibility index (Phi) is 5.00. The lowest BCUT2D eigenvalue weighted by atomic mass is 9.84. The Hall–Kier alpha value is -2.14. The van der Waals surface area contributed by atoms with Gasteiger partial charge in [-0.3, -0.25) is 9.59 Å². The van der Waals surface area contributed by atoms with Gasteiger partial charge < -0.3 is 10.2 Å². The number of halogens is 1. The molecule has 2 aromatic carbocycles. The van der Waals surface area contributed by atoms with Gasteiger partial charge in [0.2, 0.25) is 11.8 Å². The van der Waals surface area contributed by atoms with E-state index in [9.17, 15) is 9.59 Å². The molecule has 1 fully saturated rings. The first-order chi connectivity index (χ1) is 11.6. The van der Waals surface area contributed by atoms with Crippen LogP contribution >= 0.6 is 15.9 Å². The molecule has 3 rings (SSSR count). The van der Waals surface area contributed by atoms with Gasteiger partial charge in [-0.15, -0.1) is 0 Å². The molecule has 0 bridgehead atoms. The number of anilines is 1. The molecule has 4 nitrogen and oxygen atoms in total. The van der Waals surface area contributed by atoms with Gasteiger partial charge in [-0.25, -0.2) is 0 Å². The molecular formula is C19H19BrN2O2. The fraction of sp³-hybridized carbons (Fsp3) is 0.263. The first-order valence-corrected chi connectivity index (χ1v) is 8.73. The topological polar surface area (TPSA) is 49.4 Å². The lowest BCUT2D eigenvalue weighted by molar-refractivity contribution is -0.140. The van der Waals surface area contributed by atoms with Crippen molar-refractivity contribution < 1.29 is 9.59 Å². The summed E-state index contributed by atoms with van der Waals surface area (Å²) in [6, 6.07) is 17.0. The van der Waals surface area contributed by atoms with E-state index in [2.05, 4.69) is 21.2 Å². The van der Waals surface area contributed by atoms with E-state index in [4.69, 9.17) is 0 Å². The van der Waals surface area contributed by atoms with Gasteiger partial charge in [0.25, 0.3) is 0 Å². The maximum absolute atomic E-state index is 12.9. The molecule has 2 atom stereocenters. The van der Waals surface area contributed by atoms with Crippen LogP contribution in [0.25, 0.3) is 0 Å². The number of piperidine rings is 1. The molecule has 124 valence electrons. The number of carbonyl (C=O) groups is 2. The highest BCUT2D eigenvalue weighted by Crippen LogP contribution is 2.36. The lowest BCUT2D eigenvalue weighted by Gasteiger charge is -2.38. The van der Waals surface area contributed by atoms with E-state index in [0.29, 0.717) is 12.8 Å². The smallest absolute Gasteiger partial charge is 0.229 e. The molecule has 0 aliphatic carbocycles. The summed E-state index contributed by atoms with van der Waals surface area (Å²) in [5.74, 6) is -0.258. The maximum Gasteiger partial charge on any atom is 0.229 e. The molecule has 0 aromatic heterocycles. The van der Waals surface area contributed by atoms with Crippen molar-refractivity contribution in [3.8, 4) is 0 Å². The third-order valence-electron chi connectivity index (χ3n) is 4.47. The van der Waals surface area contributed by atoms with Gasteiger partial charge in [0.15, 0.2) is 0 Å². The number of benzene rings is 2. The van der Waals surface area contributed by atoms with Crippen LogP contribution in [0, 0.1) is 5.92 Å². The van der Waals surface area contributed by atoms with E-state index in [-0.39, 0.29) is 23.8 Å². The van der Waals surface area contributed by atoms with Crippen LogP contribution < -0.4 is 5.32 Å². The van der Waals surface area contributed by atoms with Crippen molar-refractivity contribution in [2.45, 2.75) is 18.9 Å². The van der Waals surface area contributed by atoms with Crippen LogP contribution in [0.15, 0.2) is 59.1 Å². The largest absolute Gasteiger partial charge is 0.338 e. The van der Waals surface area contributed by atoms with Gasteiger partial charge in [0.1, 0.15) is 0 Å². The molecule has 1 aliphatic heterocycles. The van der Waals surface area contributed by atoms with E-state index in [0.717, 1.165) is 15.7 Å². The third-order valence-corrected chi connectivity index (χ3v) is 5.16. The fourth-order valence-corrected chi connectivity index (χ4v) is 3.59. The summed E-state index contributed by atoms with van der Waals surface area (Å²) in [6.07, 6.45) is 0.951. The standard InChI is InChI=1S/C19H19BrN2O2/c1-22-17(23)12-11-14(18(22)13-7-3-2-4-8-13)19(24)21-16-10-6-5-9-15(16)20/h2-10,14,18H,11-12H2,1H3,(H,21,24)/t14-,18-/m0/s1. The molecule has 24 heavy (non-hydrogen) atoms. The van der Waals surface area contributed by atoms with Crippen LogP contribution in [0.1, 0.15) is 24.4 Å². The lowest BCUT2D eigenvalue weighted by Crippen LogP contribution is -2.44. The van der Waals surface area contributed by atoms with E-state index in [1.54, 1.807) is 11.9 Å². The molecule has 0 spiro atoms. The summed E-state index contributed by atoms with van der Waals surface area (Å²) in [6.45, 7) is 0. The van der Waals surface area contributed by atoms with E-state index in [1.165, 1.54) is 0 Å². The summed E-state index contributed by atoms with van der Waals surface area (Å²) in [5, 5.41) is 2.99. The van der Waals surface area contributed by atoms with Crippen LogP contribution in [-0.2, 0) is 9.59 Å². The molecule has 1 N–H and O–H groups in total. The molecule has 2 aromatic rings. The summed E-state index contributed by atoms with van der Waals surface area (Å²) < 4.78 is 0.842. The first kappa shape index (κ1) is 16.7. The zero-order valence-electron chi connectivity index (χ0n) is 13.4. The SMILES string of the molecule is CN1C(=O)CC[C@H](C(=O)Nc2ccccc2Br)[C@@H]1c1ccccc1. The van der Waals surface area contributed by atoms with E-state index in [1.807, 2.05) is 54.6 Å². The van der Waals surface area contributed by atoms with Gasteiger partial charge in [0, 0.05) is 17.9 Å². The highest BCUT2D eigenvalue weighted by molar-refractivity contribution is 9.10. The minimum absolute atomic E-state index is 0.0601. The van der Waals surface area contributed by atoms with Gasteiger partial charge in [0.05, 0.1) is 17.6 Å². The quantitative estimate of drug-likeness (QED) is 0.866. The Morgan fingerprint density at radius 2 is 1.79 bits per heavy atom. The second-order valence-corrected chi connectivity index (χ2v) is 6.83. The van der Waals surface area contributed by atoms with Crippen LogP contribution in [-0.4, -0.2) is 23.8 Å². The minimum atomic E-state index is -0.276. The monoisotopic (exact) mass is 386 g/mol. The van der Waals surface area contributed by atoms with E-state index >= 15 is 0 Å². The normalized spacial score (nSPS) is 20.8. The molecular weight excluding hydrogens is 368 g/mol. The van der Waals surface area contributed by atoms with Crippen LogP contribution in [0.3, 0.4) is 0 Å². The van der Waals surface area contributed by atoms with Gasteiger partial charge in [-0.05, 0) is 40.0 Å². The average molecular weight is 387 g/mol. The zero-order chi connectivity index (χ0) is 17.1. The molecule has 0 radical (unpaired) electrons. The molecule has 0 saturated carbocycles. The Morgan fingerprint density at radius 1 is 1.12 bits per heavy atom. The number of hydrogen-bond donors (Lipinski definition) is 1. The van der Waals surface area contributed by atoms with Gasteiger partial charge >= 0.3 is 0 Å². The highest BCUT2D eigenvalue weighted by Gasteiger charge is 2.38. The van der Waals surface area contributed by atoms with Gasteiger partial charge in [-0.2, -0.15) is 0 Å². The van der Waals surface area contributed by atoms with Crippen LogP contribution in [0.5, 0.6) is 0 Å². The molecule has 0 unspecified atom stereocenters. The Balaban J connectivity index is 1.88. The Morgan fingerprint density at radius 3 is 2.50 bits per heavy atom. The number of rotatable bonds is 3. The second kappa shape index (κ2) is 7.18. The highest BCUT2D eigenvalue weighted by atomic mass is 79.9. The summed E-state index contributed by atoms with van der Waals surface area (Å²) in [4.78, 5) is 26.7. The molecule has 5 heteroatoms. The molecule has 1 saturated heterocycles. The third kappa shape index (κ3) is 3.36. The van der Waals surface area contributed by atoms with Gasteiger partial charge in [-0.1, -0.05) is 42.5 Å². The second-order valence-electron chi connectivity index (χ2n) is 5.97.